The zero-order valence-electron chi connectivity index (χ0n) is 10.3. The lowest BCUT2D eigenvalue weighted by molar-refractivity contribution is 0.0686. The summed E-state index contributed by atoms with van der Waals surface area (Å²) in [6.07, 6.45) is 0. The van der Waals surface area contributed by atoms with Crippen LogP contribution in [0.2, 0.25) is 5.02 Å². The number of aromatic nitrogens is 2. The molecular formula is C13H11ClN2O3. The van der Waals surface area contributed by atoms with Gasteiger partial charge in [-0.05, 0) is 31.5 Å². The maximum atomic E-state index is 11.5. The van der Waals surface area contributed by atoms with E-state index >= 15 is 0 Å². The highest BCUT2D eigenvalue weighted by Crippen LogP contribution is 2.19. The highest BCUT2D eigenvalue weighted by Gasteiger charge is 2.14. The van der Waals surface area contributed by atoms with Gasteiger partial charge in [0.1, 0.15) is 0 Å². The normalized spacial score (nSPS) is 10.5. The van der Waals surface area contributed by atoms with Crippen LogP contribution >= 0.6 is 11.6 Å². The number of aromatic carboxylic acids is 1. The first kappa shape index (κ1) is 13.3. The van der Waals surface area contributed by atoms with Gasteiger partial charge in [0.25, 0.3) is 0 Å². The van der Waals surface area contributed by atoms with Gasteiger partial charge in [-0.3, -0.25) is 4.79 Å². The van der Waals surface area contributed by atoms with Crippen molar-refractivity contribution >= 4 is 17.6 Å². The number of benzene rings is 1. The van der Waals surface area contributed by atoms with E-state index in [9.17, 15) is 9.59 Å². The SMILES string of the molecule is Cc1ccc(Cl)cc1-n1nc(C(=O)O)c(=O)cc1C. The summed E-state index contributed by atoms with van der Waals surface area (Å²) in [6, 6.07) is 6.46. The summed E-state index contributed by atoms with van der Waals surface area (Å²) in [5.41, 5.74) is 0.943. The van der Waals surface area contributed by atoms with E-state index in [4.69, 9.17) is 16.7 Å². The Hall–Kier alpha value is -2.14. The average molecular weight is 279 g/mol. The summed E-state index contributed by atoms with van der Waals surface area (Å²) in [6.45, 7) is 3.53. The van der Waals surface area contributed by atoms with Crippen LogP contribution in [-0.4, -0.2) is 20.9 Å². The zero-order valence-corrected chi connectivity index (χ0v) is 11.1. The number of aryl methyl sites for hydroxylation is 2. The van der Waals surface area contributed by atoms with E-state index in [2.05, 4.69) is 5.10 Å². The Labute approximate surface area is 114 Å². The number of carboxylic acid groups (broad SMARTS) is 1. The van der Waals surface area contributed by atoms with Crippen LogP contribution in [0.5, 0.6) is 0 Å². The highest BCUT2D eigenvalue weighted by molar-refractivity contribution is 6.30. The van der Waals surface area contributed by atoms with Crippen LogP contribution in [0, 0.1) is 13.8 Å². The summed E-state index contributed by atoms with van der Waals surface area (Å²) in [5, 5.41) is 13.4. The summed E-state index contributed by atoms with van der Waals surface area (Å²) >= 11 is 5.93. The van der Waals surface area contributed by atoms with Gasteiger partial charge in [-0.25, -0.2) is 9.48 Å². The molecule has 0 unspecified atom stereocenters. The monoisotopic (exact) mass is 278 g/mol. The van der Waals surface area contributed by atoms with E-state index in [0.717, 1.165) is 5.56 Å². The van der Waals surface area contributed by atoms with Crippen LogP contribution in [-0.2, 0) is 0 Å². The molecule has 1 aromatic heterocycles. The Bertz CT molecular complexity index is 722. The van der Waals surface area contributed by atoms with Crippen molar-refractivity contribution in [2.75, 3.05) is 0 Å². The van der Waals surface area contributed by atoms with Gasteiger partial charge in [0.2, 0.25) is 11.1 Å². The molecule has 6 heteroatoms. The molecule has 0 aliphatic carbocycles. The first-order valence-corrected chi connectivity index (χ1v) is 5.89. The van der Waals surface area contributed by atoms with Crippen molar-refractivity contribution in [1.82, 2.24) is 9.78 Å². The lowest BCUT2D eigenvalue weighted by Gasteiger charge is -2.12. The second kappa shape index (κ2) is 4.85. The Balaban J connectivity index is 2.75. The van der Waals surface area contributed by atoms with Crippen molar-refractivity contribution in [3.05, 3.63) is 56.5 Å². The Kier molecular flexibility index (Phi) is 3.40. The van der Waals surface area contributed by atoms with Crippen LogP contribution in [0.4, 0.5) is 0 Å². The number of hydrogen-bond acceptors (Lipinski definition) is 3. The number of halogens is 1. The fourth-order valence-electron chi connectivity index (χ4n) is 1.75. The molecule has 0 saturated heterocycles. The van der Waals surface area contributed by atoms with Crippen LogP contribution in [0.15, 0.2) is 29.1 Å². The Morgan fingerprint density at radius 2 is 2.00 bits per heavy atom. The average Bonchev–Trinajstić information content (AvgIpc) is 2.32. The highest BCUT2D eigenvalue weighted by atomic mass is 35.5. The minimum absolute atomic E-state index is 0.509. The molecule has 0 bridgehead atoms. The van der Waals surface area contributed by atoms with Gasteiger partial charge in [-0.2, -0.15) is 5.10 Å². The molecule has 5 nitrogen and oxygen atoms in total. The molecule has 0 saturated carbocycles. The van der Waals surface area contributed by atoms with Gasteiger partial charge >= 0.3 is 5.97 Å². The third-order valence-electron chi connectivity index (χ3n) is 2.71. The van der Waals surface area contributed by atoms with Gasteiger partial charge in [-0.15, -0.1) is 0 Å². The smallest absolute Gasteiger partial charge is 0.360 e. The van der Waals surface area contributed by atoms with Crippen molar-refractivity contribution in [2.24, 2.45) is 0 Å². The van der Waals surface area contributed by atoms with Crippen molar-refractivity contribution in [3.63, 3.8) is 0 Å². The van der Waals surface area contributed by atoms with Gasteiger partial charge in [-0.1, -0.05) is 17.7 Å². The van der Waals surface area contributed by atoms with Gasteiger partial charge in [0, 0.05) is 16.8 Å². The van der Waals surface area contributed by atoms with Crippen molar-refractivity contribution in [3.8, 4) is 5.69 Å². The molecule has 1 N–H and O–H groups in total. The quantitative estimate of drug-likeness (QED) is 0.914. The van der Waals surface area contributed by atoms with E-state index in [1.54, 1.807) is 25.1 Å². The van der Waals surface area contributed by atoms with Crippen molar-refractivity contribution < 1.29 is 9.90 Å². The summed E-state index contributed by atoms with van der Waals surface area (Å²) in [7, 11) is 0. The van der Waals surface area contributed by atoms with Crippen LogP contribution in [0.1, 0.15) is 21.7 Å². The molecule has 1 aromatic carbocycles. The largest absolute Gasteiger partial charge is 0.476 e. The molecule has 98 valence electrons. The predicted molar refractivity (Wildman–Crippen MR) is 71.3 cm³/mol. The molecule has 0 radical (unpaired) electrons. The van der Waals surface area contributed by atoms with E-state index < -0.39 is 17.1 Å². The van der Waals surface area contributed by atoms with Gasteiger partial charge in [0.05, 0.1) is 5.69 Å². The molecule has 0 fully saturated rings. The summed E-state index contributed by atoms with van der Waals surface area (Å²) in [4.78, 5) is 22.5. The molecule has 0 atom stereocenters. The lowest BCUT2D eigenvalue weighted by atomic mass is 10.2. The molecule has 0 spiro atoms. The number of carbonyl (C=O) groups is 1. The topological polar surface area (TPSA) is 72.2 Å². The maximum absolute atomic E-state index is 11.5. The maximum Gasteiger partial charge on any atom is 0.360 e. The molecule has 0 amide bonds. The zero-order chi connectivity index (χ0) is 14.2. The second-order valence-electron chi connectivity index (χ2n) is 4.15. The number of carboxylic acids is 1. The Morgan fingerprint density at radius 1 is 1.32 bits per heavy atom. The Morgan fingerprint density at radius 3 is 2.63 bits per heavy atom. The fraction of sp³-hybridized carbons (Fsp3) is 0.154. The van der Waals surface area contributed by atoms with E-state index in [0.29, 0.717) is 16.4 Å². The standard InChI is InChI=1S/C13H11ClN2O3/c1-7-3-4-9(14)6-10(7)16-8(2)5-11(17)12(15-16)13(18)19/h3-6H,1-2H3,(H,18,19). The third-order valence-corrected chi connectivity index (χ3v) is 2.94. The minimum Gasteiger partial charge on any atom is -0.476 e. The van der Waals surface area contributed by atoms with Gasteiger partial charge < -0.3 is 5.11 Å². The molecule has 2 rings (SSSR count). The molecule has 1 heterocycles. The second-order valence-corrected chi connectivity index (χ2v) is 4.58. The lowest BCUT2D eigenvalue weighted by Crippen LogP contribution is -2.22. The van der Waals surface area contributed by atoms with Crippen molar-refractivity contribution in [1.29, 1.82) is 0 Å². The van der Waals surface area contributed by atoms with E-state index in [1.165, 1.54) is 10.7 Å². The van der Waals surface area contributed by atoms with E-state index in [-0.39, 0.29) is 0 Å². The predicted octanol–water partition coefficient (Wildman–Crippen LogP) is 2.20. The molecular weight excluding hydrogens is 268 g/mol. The first-order chi connectivity index (χ1) is 8.90. The number of nitrogens with zero attached hydrogens (tertiary/aromatic N) is 2. The summed E-state index contributed by atoms with van der Waals surface area (Å²) < 4.78 is 1.41. The van der Waals surface area contributed by atoms with E-state index in [1.807, 2.05) is 6.92 Å². The number of rotatable bonds is 2. The molecule has 0 aliphatic heterocycles. The fourth-order valence-corrected chi connectivity index (χ4v) is 1.92. The summed E-state index contributed by atoms with van der Waals surface area (Å²) in [5.74, 6) is -1.35. The van der Waals surface area contributed by atoms with Crippen LogP contribution in [0.25, 0.3) is 5.69 Å². The number of hydrogen-bond donors (Lipinski definition) is 1. The minimum atomic E-state index is -1.35. The van der Waals surface area contributed by atoms with Crippen LogP contribution < -0.4 is 5.43 Å². The van der Waals surface area contributed by atoms with Crippen LogP contribution in [0.3, 0.4) is 0 Å². The van der Waals surface area contributed by atoms with Crippen molar-refractivity contribution in [2.45, 2.75) is 13.8 Å². The first-order valence-electron chi connectivity index (χ1n) is 5.51. The molecule has 0 aliphatic rings. The molecule has 19 heavy (non-hydrogen) atoms. The molecule has 2 aromatic rings. The van der Waals surface area contributed by atoms with Gasteiger partial charge in [0.15, 0.2) is 0 Å². The third kappa shape index (κ3) is 2.51.